The summed E-state index contributed by atoms with van der Waals surface area (Å²) in [7, 11) is 1.42. The van der Waals surface area contributed by atoms with E-state index in [9.17, 15) is 14.9 Å². The van der Waals surface area contributed by atoms with Crippen molar-refractivity contribution in [3.05, 3.63) is 28.3 Å². The Balaban J connectivity index is 2.94. The number of ether oxygens (including phenoxy) is 1. The molecule has 0 radical (unpaired) electrons. The summed E-state index contributed by atoms with van der Waals surface area (Å²) >= 11 is 0. The van der Waals surface area contributed by atoms with Gasteiger partial charge in [0.1, 0.15) is 5.75 Å². The maximum atomic E-state index is 11.6. The van der Waals surface area contributed by atoms with Gasteiger partial charge in [0, 0.05) is 24.6 Å². The molecule has 1 aromatic carbocycles. The number of hydrogen-bond acceptors (Lipinski definition) is 5. The summed E-state index contributed by atoms with van der Waals surface area (Å²) in [5, 5.41) is 13.2. The summed E-state index contributed by atoms with van der Waals surface area (Å²) in [6, 6.07) is 3.70. The van der Waals surface area contributed by atoms with Gasteiger partial charge in [-0.25, -0.2) is 0 Å². The number of rotatable bonds is 5. The molecular formula is C11H15N3O4. The molecule has 0 aromatic heterocycles. The third-order valence-corrected chi connectivity index (χ3v) is 2.18. The van der Waals surface area contributed by atoms with E-state index in [1.165, 1.54) is 25.3 Å². The Bertz CT molecular complexity index is 460. The zero-order valence-electron chi connectivity index (χ0n) is 10.2. The standard InChI is InChI=1S/C11H15N3O4/c1-7(12)5-11(15)13-9-6-8(14(16)17)3-4-10(9)18-2/h3-4,6-7H,5,12H2,1-2H3,(H,13,15). The molecule has 1 unspecified atom stereocenters. The van der Waals surface area contributed by atoms with Gasteiger partial charge in [-0.3, -0.25) is 14.9 Å². The van der Waals surface area contributed by atoms with Gasteiger partial charge in [-0.1, -0.05) is 0 Å². The summed E-state index contributed by atoms with van der Waals surface area (Å²) in [5.41, 5.74) is 5.64. The molecule has 1 aromatic rings. The highest BCUT2D eigenvalue weighted by Gasteiger charge is 2.14. The molecular weight excluding hydrogens is 238 g/mol. The van der Waals surface area contributed by atoms with E-state index < -0.39 is 4.92 Å². The number of carbonyl (C=O) groups is 1. The first-order valence-corrected chi connectivity index (χ1v) is 5.32. The second-order valence-electron chi connectivity index (χ2n) is 3.87. The highest BCUT2D eigenvalue weighted by atomic mass is 16.6. The molecule has 1 rings (SSSR count). The molecule has 0 heterocycles. The fourth-order valence-corrected chi connectivity index (χ4v) is 1.40. The number of anilines is 1. The van der Waals surface area contributed by atoms with Crippen LogP contribution in [0.4, 0.5) is 11.4 Å². The third kappa shape index (κ3) is 3.70. The molecule has 0 fully saturated rings. The third-order valence-electron chi connectivity index (χ3n) is 2.18. The summed E-state index contributed by atoms with van der Waals surface area (Å²) in [6.45, 7) is 1.70. The number of nitrogens with zero attached hydrogens (tertiary/aromatic N) is 1. The average molecular weight is 253 g/mol. The van der Waals surface area contributed by atoms with E-state index in [0.29, 0.717) is 5.75 Å². The molecule has 18 heavy (non-hydrogen) atoms. The van der Waals surface area contributed by atoms with Gasteiger partial charge in [-0.15, -0.1) is 0 Å². The minimum Gasteiger partial charge on any atom is -0.495 e. The largest absolute Gasteiger partial charge is 0.495 e. The monoisotopic (exact) mass is 253 g/mol. The highest BCUT2D eigenvalue weighted by Crippen LogP contribution is 2.28. The molecule has 1 atom stereocenters. The Kier molecular flexibility index (Phi) is 4.61. The van der Waals surface area contributed by atoms with Gasteiger partial charge in [0.25, 0.3) is 5.69 Å². The number of amides is 1. The highest BCUT2D eigenvalue weighted by molar-refractivity contribution is 5.93. The van der Waals surface area contributed by atoms with E-state index in [-0.39, 0.29) is 29.7 Å². The van der Waals surface area contributed by atoms with E-state index in [1.807, 2.05) is 0 Å². The van der Waals surface area contributed by atoms with Crippen LogP contribution < -0.4 is 15.8 Å². The molecule has 7 nitrogen and oxygen atoms in total. The molecule has 0 spiro atoms. The first kappa shape index (κ1) is 13.9. The van der Waals surface area contributed by atoms with Gasteiger partial charge in [-0.05, 0) is 13.0 Å². The van der Waals surface area contributed by atoms with Crippen molar-refractivity contribution in [1.82, 2.24) is 0 Å². The number of nitrogens with two attached hydrogens (primary N) is 1. The van der Waals surface area contributed by atoms with Gasteiger partial charge in [0.15, 0.2) is 0 Å². The van der Waals surface area contributed by atoms with E-state index in [0.717, 1.165) is 0 Å². The van der Waals surface area contributed by atoms with Crippen molar-refractivity contribution >= 4 is 17.3 Å². The van der Waals surface area contributed by atoms with E-state index in [4.69, 9.17) is 10.5 Å². The Labute approximate surface area is 104 Å². The summed E-state index contributed by atoms with van der Waals surface area (Å²) < 4.78 is 5.02. The number of non-ortho nitro benzene ring substituents is 1. The predicted molar refractivity (Wildman–Crippen MR) is 66.5 cm³/mol. The fraction of sp³-hybridized carbons (Fsp3) is 0.364. The molecule has 98 valence electrons. The summed E-state index contributed by atoms with van der Waals surface area (Å²) in [4.78, 5) is 21.7. The van der Waals surface area contributed by atoms with Crippen LogP contribution in [0.25, 0.3) is 0 Å². The quantitative estimate of drug-likeness (QED) is 0.607. The van der Waals surface area contributed by atoms with Gasteiger partial charge in [0.05, 0.1) is 17.7 Å². The minimum absolute atomic E-state index is 0.119. The number of hydrogen-bond donors (Lipinski definition) is 2. The van der Waals surface area contributed by atoms with Gasteiger partial charge >= 0.3 is 0 Å². The van der Waals surface area contributed by atoms with E-state index in [1.54, 1.807) is 6.92 Å². The lowest BCUT2D eigenvalue weighted by Crippen LogP contribution is -2.24. The van der Waals surface area contributed by atoms with Gasteiger partial charge in [-0.2, -0.15) is 0 Å². The predicted octanol–water partition coefficient (Wildman–Crippen LogP) is 1.28. The maximum absolute atomic E-state index is 11.6. The minimum atomic E-state index is -0.541. The number of benzene rings is 1. The molecule has 3 N–H and O–H groups in total. The van der Waals surface area contributed by atoms with Crippen molar-refractivity contribution < 1.29 is 14.5 Å². The second kappa shape index (κ2) is 5.97. The number of carbonyl (C=O) groups excluding carboxylic acids is 1. The Morgan fingerprint density at radius 2 is 2.28 bits per heavy atom. The number of nitro groups is 1. The smallest absolute Gasteiger partial charge is 0.271 e. The summed E-state index contributed by atoms with van der Waals surface area (Å²) in [6.07, 6.45) is 0.131. The van der Waals surface area contributed by atoms with Crippen molar-refractivity contribution in [3.63, 3.8) is 0 Å². The van der Waals surface area contributed by atoms with Crippen LogP contribution in [0.15, 0.2) is 18.2 Å². The van der Waals surface area contributed by atoms with Crippen molar-refractivity contribution in [2.45, 2.75) is 19.4 Å². The molecule has 0 saturated heterocycles. The molecule has 0 aliphatic heterocycles. The molecule has 1 amide bonds. The van der Waals surface area contributed by atoms with Crippen molar-refractivity contribution in [1.29, 1.82) is 0 Å². The molecule has 0 aliphatic rings. The number of nitro benzene ring substituents is 1. The van der Waals surface area contributed by atoms with Crippen molar-refractivity contribution in [3.8, 4) is 5.75 Å². The van der Waals surface area contributed by atoms with Gasteiger partial charge < -0.3 is 15.8 Å². The second-order valence-corrected chi connectivity index (χ2v) is 3.87. The Hall–Kier alpha value is -2.15. The van der Waals surface area contributed by atoms with Crippen LogP contribution in [0.2, 0.25) is 0 Å². The van der Waals surface area contributed by atoms with Crippen LogP contribution in [0.1, 0.15) is 13.3 Å². The average Bonchev–Trinajstić information content (AvgIpc) is 2.27. The first-order valence-electron chi connectivity index (χ1n) is 5.32. The fourth-order valence-electron chi connectivity index (χ4n) is 1.40. The van der Waals surface area contributed by atoms with Gasteiger partial charge in [0.2, 0.25) is 5.91 Å². The summed E-state index contributed by atoms with van der Waals surface area (Å²) in [5.74, 6) is 0.0439. The SMILES string of the molecule is COc1ccc([N+](=O)[O-])cc1NC(=O)CC(C)N. The van der Waals surface area contributed by atoms with Crippen LogP contribution >= 0.6 is 0 Å². The zero-order valence-corrected chi connectivity index (χ0v) is 10.2. The molecule has 7 heteroatoms. The van der Waals surface area contributed by atoms with Crippen LogP contribution in [0, 0.1) is 10.1 Å². The molecule has 0 bridgehead atoms. The van der Waals surface area contributed by atoms with Crippen molar-refractivity contribution in [2.24, 2.45) is 5.73 Å². The van der Waals surface area contributed by atoms with Crippen LogP contribution in [-0.4, -0.2) is 24.0 Å². The topological polar surface area (TPSA) is 107 Å². The number of methoxy groups -OCH3 is 1. The van der Waals surface area contributed by atoms with Crippen LogP contribution in [0.3, 0.4) is 0 Å². The van der Waals surface area contributed by atoms with Crippen LogP contribution in [-0.2, 0) is 4.79 Å². The maximum Gasteiger partial charge on any atom is 0.271 e. The lowest BCUT2D eigenvalue weighted by molar-refractivity contribution is -0.384. The van der Waals surface area contributed by atoms with Crippen molar-refractivity contribution in [2.75, 3.05) is 12.4 Å². The normalized spacial score (nSPS) is 11.7. The first-order chi connectivity index (χ1) is 8.43. The number of nitrogens with one attached hydrogen (secondary N) is 1. The molecule has 0 saturated carbocycles. The van der Waals surface area contributed by atoms with Crippen LogP contribution in [0.5, 0.6) is 5.75 Å². The Morgan fingerprint density at radius 1 is 1.61 bits per heavy atom. The molecule has 0 aliphatic carbocycles. The van der Waals surface area contributed by atoms with E-state index >= 15 is 0 Å². The lowest BCUT2D eigenvalue weighted by atomic mass is 10.2. The lowest BCUT2D eigenvalue weighted by Gasteiger charge is -2.10. The zero-order chi connectivity index (χ0) is 13.7. The Morgan fingerprint density at radius 3 is 2.78 bits per heavy atom. The van der Waals surface area contributed by atoms with E-state index in [2.05, 4.69) is 5.32 Å².